The van der Waals surface area contributed by atoms with Gasteiger partial charge in [-0.2, -0.15) is 0 Å². The van der Waals surface area contributed by atoms with Gasteiger partial charge in [0, 0.05) is 12.1 Å². The summed E-state index contributed by atoms with van der Waals surface area (Å²) in [6, 6.07) is 2.87. The third kappa shape index (κ3) is 2.98. The van der Waals surface area contributed by atoms with E-state index in [1.54, 1.807) is 0 Å². The molecule has 0 bridgehead atoms. The number of benzene rings is 1. The van der Waals surface area contributed by atoms with Gasteiger partial charge in [0.05, 0.1) is 6.04 Å². The maximum atomic E-state index is 13.4. The van der Waals surface area contributed by atoms with Gasteiger partial charge >= 0.3 is 0 Å². The van der Waals surface area contributed by atoms with Crippen LogP contribution in [0.1, 0.15) is 5.56 Å². The predicted octanol–water partition coefficient (Wildman–Crippen LogP) is 0.0755. The highest BCUT2D eigenvalue weighted by molar-refractivity contribution is 5.20. The van der Waals surface area contributed by atoms with Crippen LogP contribution in [0.2, 0.25) is 0 Å². The molecule has 1 aromatic carbocycles. The molecule has 4 atom stereocenters. The molecule has 1 aromatic rings. The summed E-state index contributed by atoms with van der Waals surface area (Å²) < 4.78 is 26.8. The van der Waals surface area contributed by atoms with Crippen molar-refractivity contribution in [2.75, 3.05) is 0 Å². The molecule has 19 heavy (non-hydrogen) atoms. The van der Waals surface area contributed by atoms with Gasteiger partial charge in [0.15, 0.2) is 0 Å². The number of nitrogens with one attached hydrogen (secondary N) is 1. The normalized spacial score (nSPS) is 30.6. The maximum absolute atomic E-state index is 13.4. The van der Waals surface area contributed by atoms with Gasteiger partial charge in [-0.15, -0.1) is 0 Å². The molecule has 104 valence electrons. The van der Waals surface area contributed by atoms with Gasteiger partial charge in [-0.1, -0.05) is 18.2 Å². The first-order valence-corrected chi connectivity index (χ1v) is 5.89. The van der Waals surface area contributed by atoms with Gasteiger partial charge < -0.3 is 20.6 Å². The van der Waals surface area contributed by atoms with Crippen molar-refractivity contribution in [3.05, 3.63) is 47.5 Å². The first kappa shape index (κ1) is 14.1. The predicted molar refractivity (Wildman–Crippen MR) is 64.1 cm³/mol. The van der Waals surface area contributed by atoms with Crippen LogP contribution in [-0.4, -0.2) is 39.7 Å². The zero-order valence-corrected chi connectivity index (χ0v) is 10.0. The number of halogens is 2. The molecule has 1 aliphatic carbocycles. The minimum absolute atomic E-state index is 0.132. The van der Waals surface area contributed by atoms with Crippen LogP contribution in [0, 0.1) is 11.6 Å². The van der Waals surface area contributed by atoms with E-state index in [9.17, 15) is 24.1 Å². The summed E-state index contributed by atoms with van der Waals surface area (Å²) in [6.07, 6.45) is -0.922. The molecule has 2 rings (SSSR count). The quantitative estimate of drug-likeness (QED) is 0.587. The first-order chi connectivity index (χ1) is 9.00. The van der Waals surface area contributed by atoms with E-state index >= 15 is 0 Å². The molecule has 0 fully saturated rings. The minimum atomic E-state index is -1.33. The van der Waals surface area contributed by atoms with Crippen molar-refractivity contribution in [1.29, 1.82) is 0 Å². The number of rotatable bonds is 3. The molecule has 0 saturated heterocycles. The lowest BCUT2D eigenvalue weighted by atomic mass is 9.94. The molecule has 4 N–H and O–H groups in total. The Kier molecular flexibility index (Phi) is 4.26. The van der Waals surface area contributed by atoms with Crippen LogP contribution in [0.5, 0.6) is 0 Å². The average molecular weight is 271 g/mol. The van der Waals surface area contributed by atoms with E-state index in [2.05, 4.69) is 5.32 Å². The molecule has 0 unspecified atom stereocenters. The topological polar surface area (TPSA) is 72.7 Å². The smallest absolute Gasteiger partial charge is 0.130 e. The summed E-state index contributed by atoms with van der Waals surface area (Å²) in [6.45, 7) is -0.132. The molecule has 6 heteroatoms. The third-order valence-corrected chi connectivity index (χ3v) is 3.16. The van der Waals surface area contributed by atoms with E-state index in [0.717, 1.165) is 12.1 Å². The SMILES string of the molecule is O[C@@H]1[C@@H](O)[C@H](NCc2c(F)cccc2F)C=C[C@H]1O. The van der Waals surface area contributed by atoms with Crippen molar-refractivity contribution in [3.8, 4) is 0 Å². The Morgan fingerprint density at radius 1 is 1.00 bits per heavy atom. The second-order valence-electron chi connectivity index (χ2n) is 4.46. The van der Waals surface area contributed by atoms with Crippen LogP contribution in [0.4, 0.5) is 8.78 Å². The summed E-state index contributed by atoms with van der Waals surface area (Å²) in [4.78, 5) is 0. The lowest BCUT2D eigenvalue weighted by Gasteiger charge is -2.31. The van der Waals surface area contributed by atoms with E-state index in [1.807, 2.05) is 0 Å². The first-order valence-electron chi connectivity index (χ1n) is 5.89. The van der Waals surface area contributed by atoms with Crippen molar-refractivity contribution in [2.24, 2.45) is 0 Å². The molecular formula is C13H15F2NO3. The van der Waals surface area contributed by atoms with Gasteiger partial charge in [-0.25, -0.2) is 8.78 Å². The minimum Gasteiger partial charge on any atom is -0.388 e. The molecule has 0 aromatic heterocycles. The van der Waals surface area contributed by atoms with Crippen LogP contribution in [0.25, 0.3) is 0 Å². The summed E-state index contributed by atoms with van der Waals surface area (Å²) in [7, 11) is 0. The van der Waals surface area contributed by atoms with E-state index in [1.165, 1.54) is 18.2 Å². The van der Waals surface area contributed by atoms with Crippen LogP contribution < -0.4 is 5.32 Å². The second kappa shape index (κ2) is 5.75. The highest BCUT2D eigenvalue weighted by Gasteiger charge is 2.32. The zero-order chi connectivity index (χ0) is 14.0. The van der Waals surface area contributed by atoms with Crippen molar-refractivity contribution < 1.29 is 24.1 Å². The Labute approximate surface area is 109 Å². The third-order valence-electron chi connectivity index (χ3n) is 3.16. The fourth-order valence-electron chi connectivity index (χ4n) is 1.99. The summed E-state index contributed by atoms with van der Waals surface area (Å²) in [5.74, 6) is -1.36. The molecular weight excluding hydrogens is 256 g/mol. The highest BCUT2D eigenvalue weighted by atomic mass is 19.1. The van der Waals surface area contributed by atoms with Crippen LogP contribution in [0.3, 0.4) is 0 Å². The molecule has 0 saturated carbocycles. The second-order valence-corrected chi connectivity index (χ2v) is 4.46. The molecule has 0 radical (unpaired) electrons. The Morgan fingerprint density at radius 3 is 2.26 bits per heavy atom. The lowest BCUT2D eigenvalue weighted by Crippen LogP contribution is -2.51. The molecule has 0 aliphatic heterocycles. The number of hydrogen-bond acceptors (Lipinski definition) is 4. The van der Waals surface area contributed by atoms with Gasteiger partial charge in [0.1, 0.15) is 29.9 Å². The number of hydrogen-bond donors (Lipinski definition) is 4. The summed E-state index contributed by atoms with van der Waals surface area (Å²) >= 11 is 0. The van der Waals surface area contributed by atoms with E-state index < -0.39 is 36.0 Å². The largest absolute Gasteiger partial charge is 0.388 e. The zero-order valence-electron chi connectivity index (χ0n) is 10.0. The Hall–Kier alpha value is -1.34. The maximum Gasteiger partial charge on any atom is 0.130 e. The number of aliphatic hydroxyl groups excluding tert-OH is 3. The van der Waals surface area contributed by atoms with Crippen molar-refractivity contribution in [3.63, 3.8) is 0 Å². The van der Waals surface area contributed by atoms with Gasteiger partial charge in [-0.05, 0) is 12.1 Å². The highest BCUT2D eigenvalue weighted by Crippen LogP contribution is 2.16. The van der Waals surface area contributed by atoms with Gasteiger partial charge in [0.2, 0.25) is 0 Å². The van der Waals surface area contributed by atoms with E-state index in [-0.39, 0.29) is 12.1 Å². The van der Waals surface area contributed by atoms with Gasteiger partial charge in [-0.3, -0.25) is 0 Å². The summed E-state index contributed by atoms with van der Waals surface area (Å²) in [5.41, 5.74) is -0.135. The van der Waals surface area contributed by atoms with Crippen molar-refractivity contribution in [2.45, 2.75) is 30.9 Å². The van der Waals surface area contributed by atoms with Crippen LogP contribution in [-0.2, 0) is 6.54 Å². The van der Waals surface area contributed by atoms with Crippen molar-refractivity contribution >= 4 is 0 Å². The van der Waals surface area contributed by atoms with Crippen molar-refractivity contribution in [1.82, 2.24) is 5.32 Å². The average Bonchev–Trinajstić information content (AvgIpc) is 2.38. The van der Waals surface area contributed by atoms with Crippen LogP contribution in [0.15, 0.2) is 30.4 Å². The standard InChI is InChI=1S/C13H15F2NO3/c14-8-2-1-3-9(15)7(8)6-16-10-4-5-11(17)13(19)12(10)18/h1-5,10-13,16-19H,6H2/t10-,11-,12+,13+/m1/s1. The molecule has 0 amide bonds. The Bertz CT molecular complexity index is 461. The van der Waals surface area contributed by atoms with E-state index in [0.29, 0.717) is 0 Å². The fourth-order valence-corrected chi connectivity index (χ4v) is 1.99. The summed E-state index contributed by atoms with van der Waals surface area (Å²) in [5, 5.41) is 31.2. The van der Waals surface area contributed by atoms with E-state index in [4.69, 9.17) is 0 Å². The number of aliphatic hydroxyl groups is 3. The molecule has 0 heterocycles. The monoisotopic (exact) mass is 271 g/mol. The lowest BCUT2D eigenvalue weighted by molar-refractivity contribution is -0.0567. The molecule has 1 aliphatic rings. The Balaban J connectivity index is 2.05. The molecule has 4 nitrogen and oxygen atoms in total. The molecule has 0 spiro atoms. The van der Waals surface area contributed by atoms with Gasteiger partial charge in [0.25, 0.3) is 0 Å². The Morgan fingerprint density at radius 2 is 1.63 bits per heavy atom. The fraction of sp³-hybridized carbons (Fsp3) is 0.385. The van der Waals surface area contributed by atoms with Crippen LogP contribution >= 0.6 is 0 Å².